The van der Waals surface area contributed by atoms with E-state index in [2.05, 4.69) is 17.6 Å². The number of morpholine rings is 1. The molecule has 2 aromatic carbocycles. The fourth-order valence-electron chi connectivity index (χ4n) is 3.64. The molecule has 2 amide bonds. The van der Waals surface area contributed by atoms with Crippen LogP contribution in [0.3, 0.4) is 0 Å². The molecule has 0 bridgehead atoms. The summed E-state index contributed by atoms with van der Waals surface area (Å²) in [5.41, 5.74) is 1.52. The first-order valence-electron chi connectivity index (χ1n) is 11.9. The van der Waals surface area contributed by atoms with Gasteiger partial charge < -0.3 is 19.7 Å². The van der Waals surface area contributed by atoms with Crippen LogP contribution in [0.25, 0.3) is 0 Å². The first kappa shape index (κ1) is 25.6. The number of hydrogen-bond donors (Lipinski definition) is 2. The number of thiocarbonyl (C=S) groups is 1. The molecule has 2 N–H and O–H groups in total. The molecular formula is C26H33N3O4S. The van der Waals surface area contributed by atoms with Gasteiger partial charge in [-0.2, -0.15) is 0 Å². The zero-order valence-electron chi connectivity index (χ0n) is 19.7. The first-order valence-corrected chi connectivity index (χ1v) is 12.3. The van der Waals surface area contributed by atoms with Gasteiger partial charge in [0.2, 0.25) is 0 Å². The summed E-state index contributed by atoms with van der Waals surface area (Å²) in [4.78, 5) is 27.3. The van der Waals surface area contributed by atoms with Crippen molar-refractivity contribution in [3.8, 4) is 5.75 Å². The van der Waals surface area contributed by atoms with Crippen molar-refractivity contribution in [1.82, 2.24) is 10.2 Å². The van der Waals surface area contributed by atoms with Gasteiger partial charge in [-0.25, -0.2) is 0 Å². The van der Waals surface area contributed by atoms with Crippen LogP contribution in [0, 0.1) is 0 Å². The van der Waals surface area contributed by atoms with E-state index in [1.807, 2.05) is 6.07 Å². The third-order valence-electron chi connectivity index (χ3n) is 5.56. The molecule has 0 unspecified atom stereocenters. The van der Waals surface area contributed by atoms with Gasteiger partial charge in [0.15, 0.2) is 5.11 Å². The van der Waals surface area contributed by atoms with Gasteiger partial charge in [-0.3, -0.25) is 14.9 Å². The van der Waals surface area contributed by atoms with E-state index in [-0.39, 0.29) is 16.9 Å². The molecule has 0 radical (unpaired) electrons. The highest BCUT2D eigenvalue weighted by molar-refractivity contribution is 7.80. The lowest BCUT2D eigenvalue weighted by Gasteiger charge is -2.27. The normalized spacial score (nSPS) is 13.3. The monoisotopic (exact) mass is 483 g/mol. The molecule has 0 spiro atoms. The Morgan fingerprint density at radius 1 is 1.00 bits per heavy atom. The van der Waals surface area contributed by atoms with E-state index < -0.39 is 0 Å². The molecule has 1 fully saturated rings. The van der Waals surface area contributed by atoms with E-state index >= 15 is 0 Å². The van der Waals surface area contributed by atoms with Crippen molar-refractivity contribution in [3.05, 3.63) is 59.7 Å². The van der Waals surface area contributed by atoms with Crippen LogP contribution < -0.4 is 15.4 Å². The molecule has 0 saturated carbocycles. The smallest absolute Gasteiger partial charge is 0.257 e. The summed E-state index contributed by atoms with van der Waals surface area (Å²) in [6.07, 6.45) is 5.91. The Morgan fingerprint density at radius 2 is 1.71 bits per heavy atom. The highest BCUT2D eigenvalue weighted by Gasteiger charge is 2.21. The standard InChI is InChI=1S/C26H33N3O4S/c1-2-3-4-5-8-17-33-21-13-11-20(12-14-21)24(30)28-26(34)27-23-10-7-6-9-22(23)25(31)29-15-18-32-19-16-29/h6-7,9-14H,2-5,8,15-19H2,1H3,(H2,27,28,30,34). The van der Waals surface area contributed by atoms with Crippen molar-refractivity contribution < 1.29 is 19.1 Å². The van der Waals surface area contributed by atoms with Crippen LogP contribution in [0.2, 0.25) is 0 Å². The Bertz CT molecular complexity index is 959. The summed E-state index contributed by atoms with van der Waals surface area (Å²) < 4.78 is 11.1. The number of para-hydroxylation sites is 1. The third-order valence-corrected chi connectivity index (χ3v) is 5.77. The second kappa shape index (κ2) is 13.7. The highest BCUT2D eigenvalue weighted by Crippen LogP contribution is 2.18. The Hall–Kier alpha value is -2.97. The van der Waals surface area contributed by atoms with Gasteiger partial charge in [0.25, 0.3) is 11.8 Å². The van der Waals surface area contributed by atoms with Gasteiger partial charge in [0.05, 0.1) is 31.1 Å². The van der Waals surface area contributed by atoms with Crippen molar-refractivity contribution in [2.75, 3.05) is 38.2 Å². The molecule has 0 atom stereocenters. The molecule has 1 saturated heterocycles. The number of nitrogens with one attached hydrogen (secondary N) is 2. The summed E-state index contributed by atoms with van der Waals surface area (Å²) in [7, 11) is 0. The lowest BCUT2D eigenvalue weighted by Crippen LogP contribution is -2.41. The number of carbonyl (C=O) groups is 2. The number of nitrogens with zero attached hydrogens (tertiary/aromatic N) is 1. The molecule has 34 heavy (non-hydrogen) atoms. The molecule has 182 valence electrons. The highest BCUT2D eigenvalue weighted by atomic mass is 32.1. The van der Waals surface area contributed by atoms with Gasteiger partial charge in [-0.15, -0.1) is 0 Å². The van der Waals surface area contributed by atoms with E-state index in [4.69, 9.17) is 21.7 Å². The molecular weight excluding hydrogens is 450 g/mol. The van der Waals surface area contributed by atoms with Crippen molar-refractivity contribution in [2.45, 2.75) is 39.0 Å². The van der Waals surface area contributed by atoms with Gasteiger partial charge >= 0.3 is 0 Å². The van der Waals surface area contributed by atoms with Gasteiger partial charge in [-0.05, 0) is 55.0 Å². The number of hydrogen-bond acceptors (Lipinski definition) is 5. The number of rotatable bonds is 10. The number of benzene rings is 2. The first-order chi connectivity index (χ1) is 16.6. The molecule has 1 aliphatic heterocycles. The average molecular weight is 484 g/mol. The lowest BCUT2D eigenvalue weighted by molar-refractivity contribution is 0.0303. The molecule has 0 aromatic heterocycles. The Kier molecular flexibility index (Phi) is 10.3. The van der Waals surface area contributed by atoms with E-state index in [0.29, 0.717) is 49.7 Å². The van der Waals surface area contributed by atoms with Crippen LogP contribution in [-0.4, -0.2) is 54.7 Å². The molecule has 3 rings (SSSR count). The van der Waals surface area contributed by atoms with Crippen molar-refractivity contribution in [2.24, 2.45) is 0 Å². The van der Waals surface area contributed by atoms with E-state index in [1.165, 1.54) is 25.7 Å². The maximum Gasteiger partial charge on any atom is 0.257 e. The van der Waals surface area contributed by atoms with Crippen LogP contribution in [0.5, 0.6) is 5.75 Å². The Balaban J connectivity index is 1.50. The molecule has 8 heteroatoms. The number of carbonyl (C=O) groups excluding carboxylic acids is 2. The minimum atomic E-state index is -0.333. The number of unbranched alkanes of at least 4 members (excludes halogenated alkanes) is 4. The van der Waals surface area contributed by atoms with E-state index in [0.717, 1.165) is 12.2 Å². The zero-order chi connectivity index (χ0) is 24.2. The van der Waals surface area contributed by atoms with Gasteiger partial charge in [0.1, 0.15) is 5.75 Å². The summed E-state index contributed by atoms with van der Waals surface area (Å²) >= 11 is 5.33. The topological polar surface area (TPSA) is 79.9 Å². The van der Waals surface area contributed by atoms with Crippen LogP contribution >= 0.6 is 12.2 Å². The zero-order valence-corrected chi connectivity index (χ0v) is 20.5. The quantitative estimate of drug-likeness (QED) is 0.379. The summed E-state index contributed by atoms with van der Waals surface area (Å²) in [5, 5.41) is 5.79. The van der Waals surface area contributed by atoms with Crippen molar-refractivity contribution in [3.63, 3.8) is 0 Å². The maximum atomic E-state index is 12.9. The fraction of sp³-hybridized carbons (Fsp3) is 0.423. The largest absolute Gasteiger partial charge is 0.494 e. The van der Waals surface area contributed by atoms with Crippen molar-refractivity contribution in [1.29, 1.82) is 0 Å². The minimum absolute atomic E-state index is 0.0959. The average Bonchev–Trinajstić information content (AvgIpc) is 2.87. The summed E-state index contributed by atoms with van der Waals surface area (Å²) in [6.45, 7) is 5.02. The lowest BCUT2D eigenvalue weighted by atomic mass is 10.1. The molecule has 1 heterocycles. The predicted octanol–water partition coefficient (Wildman–Crippen LogP) is 4.64. The molecule has 2 aromatic rings. The second-order valence-electron chi connectivity index (χ2n) is 8.15. The van der Waals surface area contributed by atoms with Crippen molar-refractivity contribution >= 4 is 34.8 Å². The van der Waals surface area contributed by atoms with Crippen LogP contribution in [0.15, 0.2) is 48.5 Å². The van der Waals surface area contributed by atoms with E-state index in [9.17, 15) is 9.59 Å². The Morgan fingerprint density at radius 3 is 2.44 bits per heavy atom. The number of anilines is 1. The SMILES string of the molecule is CCCCCCCOc1ccc(C(=O)NC(=S)Nc2ccccc2C(=O)N2CCOCC2)cc1. The Labute approximate surface area is 206 Å². The van der Waals surface area contributed by atoms with Gasteiger partial charge in [-0.1, -0.05) is 44.7 Å². The molecule has 1 aliphatic rings. The van der Waals surface area contributed by atoms with Crippen LogP contribution in [-0.2, 0) is 4.74 Å². The fourth-order valence-corrected chi connectivity index (χ4v) is 3.85. The third kappa shape index (κ3) is 7.81. The van der Waals surface area contributed by atoms with Gasteiger partial charge in [0, 0.05) is 18.7 Å². The van der Waals surface area contributed by atoms with E-state index in [1.54, 1.807) is 47.4 Å². The number of amides is 2. The predicted molar refractivity (Wildman–Crippen MR) is 138 cm³/mol. The van der Waals surface area contributed by atoms with Crippen LogP contribution in [0.1, 0.15) is 59.7 Å². The summed E-state index contributed by atoms with van der Waals surface area (Å²) in [5.74, 6) is 0.311. The van der Waals surface area contributed by atoms with Crippen LogP contribution in [0.4, 0.5) is 5.69 Å². The molecule has 7 nitrogen and oxygen atoms in total. The minimum Gasteiger partial charge on any atom is -0.494 e. The number of ether oxygens (including phenoxy) is 2. The summed E-state index contributed by atoms with van der Waals surface area (Å²) in [6, 6.07) is 14.1. The molecule has 0 aliphatic carbocycles. The second-order valence-corrected chi connectivity index (χ2v) is 8.55. The maximum absolute atomic E-state index is 12.9.